The van der Waals surface area contributed by atoms with Crippen LogP contribution in [0.5, 0.6) is 0 Å². The van der Waals surface area contributed by atoms with E-state index in [2.05, 4.69) is 15.3 Å². The highest BCUT2D eigenvalue weighted by Crippen LogP contribution is 2.35. The smallest absolute Gasteiger partial charge is 0.227 e. The summed E-state index contributed by atoms with van der Waals surface area (Å²) in [5, 5.41) is 3.05. The number of nitrogens with zero attached hydrogens (tertiary/aromatic N) is 1. The molecule has 0 bridgehead atoms. The molecule has 2 aliphatic carbocycles. The molecule has 122 valence electrons. The second kappa shape index (κ2) is 5.96. The van der Waals surface area contributed by atoms with Crippen molar-refractivity contribution < 1.29 is 4.79 Å². The zero-order valence-corrected chi connectivity index (χ0v) is 13.3. The van der Waals surface area contributed by atoms with Gasteiger partial charge in [-0.05, 0) is 50.3 Å². The Morgan fingerprint density at radius 3 is 2.78 bits per heavy atom. The molecule has 2 atom stereocenters. The second-order valence-electron chi connectivity index (χ2n) is 7.09. The number of hydrogen-bond donors (Lipinski definition) is 3. The first-order valence-electron chi connectivity index (χ1n) is 8.75. The third-order valence-electron chi connectivity index (χ3n) is 5.35. The summed E-state index contributed by atoms with van der Waals surface area (Å²) < 4.78 is 0. The number of aromatic nitrogens is 2. The highest BCUT2D eigenvalue weighted by molar-refractivity contribution is 5.94. The summed E-state index contributed by atoms with van der Waals surface area (Å²) >= 11 is 0. The number of H-pyrrole nitrogens is 1. The lowest BCUT2D eigenvalue weighted by molar-refractivity contribution is -0.120. The number of anilines is 1. The molecular weight excluding hydrogens is 288 g/mol. The number of carbonyl (C=O) groups excluding carboxylic acids is 1. The molecule has 4 N–H and O–H groups in total. The van der Waals surface area contributed by atoms with Gasteiger partial charge in [-0.15, -0.1) is 0 Å². The maximum Gasteiger partial charge on any atom is 0.227 e. The van der Waals surface area contributed by atoms with Crippen LogP contribution in [-0.4, -0.2) is 21.9 Å². The van der Waals surface area contributed by atoms with Crippen molar-refractivity contribution in [2.45, 2.75) is 56.9 Å². The first-order valence-corrected chi connectivity index (χ1v) is 8.75. The molecule has 1 aromatic carbocycles. The fourth-order valence-corrected chi connectivity index (χ4v) is 3.69. The van der Waals surface area contributed by atoms with Crippen LogP contribution in [0, 0.1) is 5.92 Å². The third-order valence-corrected chi connectivity index (χ3v) is 5.35. The molecule has 1 amide bonds. The van der Waals surface area contributed by atoms with E-state index in [1.54, 1.807) is 0 Å². The number of fused-ring (bicyclic) bond motifs is 1. The van der Waals surface area contributed by atoms with E-state index >= 15 is 0 Å². The molecule has 0 saturated heterocycles. The van der Waals surface area contributed by atoms with Gasteiger partial charge in [-0.1, -0.05) is 12.8 Å². The standard InChI is InChI=1S/C18H24N4O/c19-13-6-2-5-12(9-13)18(23)20-14-7-8-15-16(10-14)22-17(21-15)11-3-1-4-11/h7-8,10-13H,1-6,9,19H2,(H,20,23)(H,21,22). The number of amides is 1. The fraction of sp³-hybridized carbons (Fsp3) is 0.556. The zero-order chi connectivity index (χ0) is 15.8. The Bertz CT molecular complexity index is 719. The van der Waals surface area contributed by atoms with Crippen LogP contribution in [0.3, 0.4) is 0 Å². The predicted octanol–water partition coefficient (Wildman–Crippen LogP) is 3.29. The first kappa shape index (κ1) is 14.7. The van der Waals surface area contributed by atoms with Gasteiger partial charge >= 0.3 is 0 Å². The molecule has 23 heavy (non-hydrogen) atoms. The maximum atomic E-state index is 12.4. The molecule has 5 heteroatoms. The molecule has 0 spiro atoms. The number of nitrogens with two attached hydrogens (primary N) is 1. The Hall–Kier alpha value is -1.88. The van der Waals surface area contributed by atoms with Crippen molar-refractivity contribution in [3.63, 3.8) is 0 Å². The summed E-state index contributed by atoms with van der Waals surface area (Å²) in [6.07, 6.45) is 7.57. The maximum absolute atomic E-state index is 12.4. The molecule has 0 aliphatic heterocycles. The van der Waals surface area contributed by atoms with Gasteiger partial charge < -0.3 is 16.0 Å². The number of aromatic amines is 1. The van der Waals surface area contributed by atoms with E-state index in [9.17, 15) is 4.79 Å². The highest BCUT2D eigenvalue weighted by atomic mass is 16.1. The van der Waals surface area contributed by atoms with Crippen molar-refractivity contribution in [2.24, 2.45) is 11.7 Å². The van der Waals surface area contributed by atoms with Gasteiger partial charge in [0.15, 0.2) is 0 Å². The molecule has 2 fully saturated rings. The summed E-state index contributed by atoms with van der Waals surface area (Å²) in [6, 6.07) is 6.08. The minimum atomic E-state index is 0.0433. The van der Waals surface area contributed by atoms with E-state index in [-0.39, 0.29) is 17.9 Å². The number of imidazole rings is 1. The largest absolute Gasteiger partial charge is 0.342 e. The van der Waals surface area contributed by atoms with Gasteiger partial charge in [0.05, 0.1) is 11.0 Å². The monoisotopic (exact) mass is 312 g/mol. The second-order valence-corrected chi connectivity index (χ2v) is 7.09. The molecule has 2 unspecified atom stereocenters. The van der Waals surface area contributed by atoms with Crippen LogP contribution in [0.2, 0.25) is 0 Å². The lowest BCUT2D eigenvalue weighted by Crippen LogP contribution is -2.34. The van der Waals surface area contributed by atoms with Crippen molar-refractivity contribution in [1.29, 1.82) is 0 Å². The van der Waals surface area contributed by atoms with Gasteiger partial charge in [0.2, 0.25) is 5.91 Å². The van der Waals surface area contributed by atoms with Crippen molar-refractivity contribution in [3.05, 3.63) is 24.0 Å². The van der Waals surface area contributed by atoms with Gasteiger partial charge in [0, 0.05) is 23.6 Å². The third kappa shape index (κ3) is 2.98. The van der Waals surface area contributed by atoms with Crippen molar-refractivity contribution in [3.8, 4) is 0 Å². The van der Waals surface area contributed by atoms with Crippen LogP contribution in [0.1, 0.15) is 56.7 Å². The Kier molecular flexibility index (Phi) is 3.81. The van der Waals surface area contributed by atoms with Crippen molar-refractivity contribution in [2.75, 3.05) is 5.32 Å². The molecular formula is C18H24N4O. The van der Waals surface area contributed by atoms with Crippen LogP contribution in [0.15, 0.2) is 18.2 Å². The quantitative estimate of drug-likeness (QED) is 0.813. The summed E-state index contributed by atoms with van der Waals surface area (Å²) in [6.45, 7) is 0. The molecule has 0 radical (unpaired) electrons. The van der Waals surface area contributed by atoms with E-state index in [0.29, 0.717) is 5.92 Å². The number of rotatable bonds is 3. The highest BCUT2D eigenvalue weighted by Gasteiger charge is 2.26. The average molecular weight is 312 g/mol. The Balaban J connectivity index is 1.48. The lowest BCUT2D eigenvalue weighted by Gasteiger charge is -2.25. The Morgan fingerprint density at radius 1 is 1.22 bits per heavy atom. The minimum absolute atomic E-state index is 0.0433. The van der Waals surface area contributed by atoms with E-state index in [1.807, 2.05) is 18.2 Å². The molecule has 2 saturated carbocycles. The van der Waals surface area contributed by atoms with Crippen LogP contribution >= 0.6 is 0 Å². The Labute approximate surface area is 136 Å². The fourth-order valence-electron chi connectivity index (χ4n) is 3.69. The summed E-state index contributed by atoms with van der Waals surface area (Å²) in [5.74, 6) is 1.82. The summed E-state index contributed by atoms with van der Waals surface area (Å²) in [4.78, 5) is 20.5. The van der Waals surface area contributed by atoms with Crippen molar-refractivity contribution >= 4 is 22.6 Å². The average Bonchev–Trinajstić information content (AvgIpc) is 2.87. The molecule has 2 aliphatic rings. The number of hydrogen-bond acceptors (Lipinski definition) is 3. The van der Waals surface area contributed by atoms with Crippen LogP contribution in [0.4, 0.5) is 5.69 Å². The normalized spacial score (nSPS) is 25.3. The molecule has 5 nitrogen and oxygen atoms in total. The van der Waals surface area contributed by atoms with Gasteiger partial charge in [-0.3, -0.25) is 4.79 Å². The number of benzene rings is 1. The summed E-state index contributed by atoms with van der Waals surface area (Å²) in [7, 11) is 0. The molecule has 2 aromatic rings. The van der Waals surface area contributed by atoms with Crippen LogP contribution in [-0.2, 0) is 4.79 Å². The van der Waals surface area contributed by atoms with Gasteiger partial charge in [0.1, 0.15) is 5.82 Å². The van der Waals surface area contributed by atoms with E-state index in [0.717, 1.165) is 48.2 Å². The van der Waals surface area contributed by atoms with Gasteiger partial charge in [-0.25, -0.2) is 4.98 Å². The number of nitrogens with one attached hydrogen (secondary N) is 2. The molecule has 1 heterocycles. The van der Waals surface area contributed by atoms with Gasteiger partial charge in [-0.2, -0.15) is 0 Å². The van der Waals surface area contributed by atoms with Gasteiger partial charge in [0.25, 0.3) is 0 Å². The SMILES string of the molecule is NC1CCCC(C(=O)Nc2ccc3nc(C4CCC4)[nH]c3c2)C1. The lowest BCUT2D eigenvalue weighted by atomic mass is 9.85. The van der Waals surface area contributed by atoms with Crippen molar-refractivity contribution in [1.82, 2.24) is 9.97 Å². The van der Waals surface area contributed by atoms with E-state index in [4.69, 9.17) is 5.73 Å². The van der Waals surface area contributed by atoms with E-state index < -0.39 is 0 Å². The van der Waals surface area contributed by atoms with Crippen LogP contribution in [0.25, 0.3) is 11.0 Å². The predicted molar refractivity (Wildman–Crippen MR) is 91.2 cm³/mol. The Morgan fingerprint density at radius 2 is 2.04 bits per heavy atom. The first-order chi connectivity index (χ1) is 11.2. The minimum Gasteiger partial charge on any atom is -0.342 e. The molecule has 4 rings (SSSR count). The van der Waals surface area contributed by atoms with E-state index in [1.165, 1.54) is 19.3 Å². The summed E-state index contributed by atoms with van der Waals surface area (Å²) in [5.41, 5.74) is 8.81. The topological polar surface area (TPSA) is 83.8 Å². The number of carbonyl (C=O) groups is 1. The molecule has 1 aromatic heterocycles. The zero-order valence-electron chi connectivity index (χ0n) is 13.3. The van der Waals surface area contributed by atoms with Crippen LogP contribution < -0.4 is 11.1 Å².